The minimum Gasteiger partial charge on any atom is -0.427 e. The molecular formula is C5H13B3O5. The molecule has 13 heavy (non-hydrogen) atoms. The van der Waals surface area contributed by atoms with Crippen LogP contribution in [0, 0.1) is 0 Å². The maximum absolute atomic E-state index is 5.16. The first-order chi connectivity index (χ1) is 6.26. The van der Waals surface area contributed by atoms with E-state index in [1.54, 1.807) is 6.82 Å². The zero-order valence-electron chi connectivity index (χ0n) is 8.19. The van der Waals surface area contributed by atoms with E-state index in [4.69, 9.17) is 23.0 Å². The SMILES string of the molecule is CCOB1OB(C)OB(OCC)O1. The average Bonchev–Trinajstić information content (AvgIpc) is 2.04. The van der Waals surface area contributed by atoms with Crippen LogP contribution < -0.4 is 0 Å². The Morgan fingerprint density at radius 3 is 1.77 bits per heavy atom. The molecule has 0 spiro atoms. The van der Waals surface area contributed by atoms with Gasteiger partial charge in [-0.2, -0.15) is 0 Å². The van der Waals surface area contributed by atoms with Gasteiger partial charge in [-0.15, -0.1) is 0 Å². The highest BCUT2D eigenvalue weighted by molar-refractivity contribution is 6.68. The highest BCUT2D eigenvalue weighted by atomic mass is 16.8. The molecule has 1 heterocycles. The Morgan fingerprint density at radius 2 is 1.38 bits per heavy atom. The number of hydrogen-bond donors (Lipinski definition) is 0. The minimum absolute atomic E-state index is 0.373. The third-order valence-electron chi connectivity index (χ3n) is 1.43. The van der Waals surface area contributed by atoms with Crippen molar-refractivity contribution in [3.63, 3.8) is 0 Å². The Bertz CT molecular complexity index is 134. The Hall–Kier alpha value is -0.00519. The summed E-state index contributed by atoms with van der Waals surface area (Å²) < 4.78 is 25.7. The molecule has 0 amide bonds. The van der Waals surface area contributed by atoms with Gasteiger partial charge in [0.05, 0.1) is 0 Å². The lowest BCUT2D eigenvalue weighted by atomic mass is 9.85. The van der Waals surface area contributed by atoms with Gasteiger partial charge in [0.15, 0.2) is 0 Å². The van der Waals surface area contributed by atoms with Crippen molar-refractivity contribution < 1.29 is 23.0 Å². The summed E-state index contributed by atoms with van der Waals surface area (Å²) >= 11 is 0. The van der Waals surface area contributed by atoms with E-state index in [1.165, 1.54) is 0 Å². The van der Waals surface area contributed by atoms with Crippen LogP contribution in [0.1, 0.15) is 13.8 Å². The summed E-state index contributed by atoms with van der Waals surface area (Å²) in [6.45, 7) is 6.54. The number of hydrogen-bond acceptors (Lipinski definition) is 5. The lowest BCUT2D eigenvalue weighted by molar-refractivity contribution is 0.113. The second kappa shape index (κ2) is 5.67. The van der Waals surface area contributed by atoms with Crippen molar-refractivity contribution in [1.29, 1.82) is 0 Å². The van der Waals surface area contributed by atoms with E-state index in [0.717, 1.165) is 0 Å². The van der Waals surface area contributed by atoms with E-state index < -0.39 is 14.6 Å². The maximum atomic E-state index is 5.16. The molecule has 0 aliphatic carbocycles. The smallest absolute Gasteiger partial charge is 0.427 e. The fourth-order valence-corrected chi connectivity index (χ4v) is 0.929. The van der Waals surface area contributed by atoms with E-state index in [0.29, 0.717) is 13.2 Å². The largest absolute Gasteiger partial charge is 0.613 e. The third-order valence-corrected chi connectivity index (χ3v) is 1.43. The molecule has 0 saturated carbocycles. The highest BCUT2D eigenvalue weighted by Gasteiger charge is 2.41. The van der Waals surface area contributed by atoms with Crippen molar-refractivity contribution in [1.82, 2.24) is 0 Å². The predicted octanol–water partition coefficient (Wildman–Crippen LogP) is 0.211. The molecule has 72 valence electrons. The van der Waals surface area contributed by atoms with Gasteiger partial charge in [-0.1, -0.05) is 0 Å². The van der Waals surface area contributed by atoms with Crippen LogP contribution in [0.25, 0.3) is 0 Å². The number of rotatable bonds is 4. The topological polar surface area (TPSA) is 46.2 Å². The normalized spacial score (nSPS) is 18.2. The van der Waals surface area contributed by atoms with E-state index in [1.807, 2.05) is 13.8 Å². The van der Waals surface area contributed by atoms with Crippen LogP contribution in [-0.4, -0.2) is 35.0 Å². The fraction of sp³-hybridized carbons (Fsp3) is 1.00. The summed E-state index contributed by atoms with van der Waals surface area (Å²) in [6, 6.07) is 0. The second-order valence-corrected chi connectivity index (χ2v) is 2.46. The standard InChI is InChI=1S/C5H13B3O5/c1-4-9-7-11-6(3)12-8(13-7)10-5-2/h4-5H2,1-3H3. The first-order valence-electron chi connectivity index (χ1n) is 4.45. The van der Waals surface area contributed by atoms with Crippen molar-refractivity contribution >= 4 is 21.8 Å². The van der Waals surface area contributed by atoms with E-state index >= 15 is 0 Å². The molecule has 0 atom stereocenters. The Morgan fingerprint density at radius 1 is 0.923 bits per heavy atom. The summed E-state index contributed by atoms with van der Waals surface area (Å²) in [4.78, 5) is 0. The molecule has 0 N–H and O–H groups in total. The highest BCUT2D eigenvalue weighted by Crippen LogP contribution is 2.09. The molecule has 1 saturated heterocycles. The van der Waals surface area contributed by atoms with Crippen molar-refractivity contribution in [2.45, 2.75) is 20.7 Å². The van der Waals surface area contributed by atoms with Crippen molar-refractivity contribution in [3.05, 3.63) is 0 Å². The van der Waals surface area contributed by atoms with Crippen LogP contribution in [0.5, 0.6) is 0 Å². The second-order valence-electron chi connectivity index (χ2n) is 2.46. The summed E-state index contributed by atoms with van der Waals surface area (Å²) in [7, 11) is -1.75. The zero-order chi connectivity index (χ0) is 9.68. The Balaban J connectivity index is 2.33. The molecule has 0 aromatic rings. The molecule has 1 aliphatic heterocycles. The van der Waals surface area contributed by atoms with Gasteiger partial charge >= 0.3 is 21.8 Å². The van der Waals surface area contributed by atoms with Gasteiger partial charge in [0.25, 0.3) is 0 Å². The molecule has 1 rings (SSSR count). The fourth-order valence-electron chi connectivity index (χ4n) is 0.929. The van der Waals surface area contributed by atoms with E-state index in [2.05, 4.69) is 0 Å². The zero-order valence-corrected chi connectivity index (χ0v) is 8.19. The third kappa shape index (κ3) is 3.70. The molecule has 0 aromatic heterocycles. The van der Waals surface area contributed by atoms with E-state index in [-0.39, 0.29) is 7.12 Å². The summed E-state index contributed by atoms with van der Waals surface area (Å²) in [5.41, 5.74) is 0. The molecule has 1 fully saturated rings. The summed E-state index contributed by atoms with van der Waals surface area (Å²) in [5.74, 6) is 0. The molecule has 0 bridgehead atoms. The average molecular weight is 186 g/mol. The van der Waals surface area contributed by atoms with Crippen LogP contribution in [0.15, 0.2) is 0 Å². The summed E-state index contributed by atoms with van der Waals surface area (Å²) in [5, 5.41) is 0. The molecule has 8 heteroatoms. The summed E-state index contributed by atoms with van der Waals surface area (Å²) in [6.07, 6.45) is 0. The van der Waals surface area contributed by atoms with Crippen LogP contribution >= 0.6 is 0 Å². The monoisotopic (exact) mass is 186 g/mol. The van der Waals surface area contributed by atoms with Crippen LogP contribution in [0.4, 0.5) is 0 Å². The Kier molecular flexibility index (Phi) is 4.83. The first-order valence-corrected chi connectivity index (χ1v) is 4.45. The van der Waals surface area contributed by atoms with Gasteiger partial charge in [-0.3, -0.25) is 0 Å². The van der Waals surface area contributed by atoms with Crippen molar-refractivity contribution in [3.8, 4) is 0 Å². The van der Waals surface area contributed by atoms with E-state index in [9.17, 15) is 0 Å². The van der Waals surface area contributed by atoms with Gasteiger partial charge in [-0.25, -0.2) is 0 Å². The molecule has 5 nitrogen and oxygen atoms in total. The molecule has 1 aliphatic rings. The molecule has 0 radical (unpaired) electrons. The minimum atomic E-state index is -0.690. The van der Waals surface area contributed by atoms with Gasteiger partial charge in [0.2, 0.25) is 0 Å². The maximum Gasteiger partial charge on any atom is 0.613 e. The van der Waals surface area contributed by atoms with Gasteiger partial charge in [0.1, 0.15) is 0 Å². The lowest BCUT2D eigenvalue weighted by Gasteiger charge is -2.26. The predicted molar refractivity (Wildman–Crippen MR) is 49.6 cm³/mol. The van der Waals surface area contributed by atoms with Crippen LogP contribution in [-0.2, 0) is 23.0 Å². The molecule has 0 unspecified atom stereocenters. The van der Waals surface area contributed by atoms with Gasteiger partial charge in [0, 0.05) is 13.2 Å². The Labute approximate surface area is 79.5 Å². The molecular weight excluding hydrogens is 172 g/mol. The first kappa shape index (κ1) is 11.1. The van der Waals surface area contributed by atoms with Crippen LogP contribution in [0.2, 0.25) is 6.82 Å². The van der Waals surface area contributed by atoms with Crippen molar-refractivity contribution in [2.75, 3.05) is 13.2 Å². The van der Waals surface area contributed by atoms with Gasteiger partial charge < -0.3 is 23.0 Å². The lowest BCUT2D eigenvalue weighted by Crippen LogP contribution is -2.50. The molecule has 0 aromatic carbocycles. The van der Waals surface area contributed by atoms with Crippen LogP contribution in [0.3, 0.4) is 0 Å². The van der Waals surface area contributed by atoms with Crippen molar-refractivity contribution in [2.24, 2.45) is 0 Å². The quantitative estimate of drug-likeness (QED) is 0.586. The van der Waals surface area contributed by atoms with Gasteiger partial charge in [-0.05, 0) is 20.7 Å².